The summed E-state index contributed by atoms with van der Waals surface area (Å²) in [5.74, 6) is 3.96. The van der Waals surface area contributed by atoms with Crippen molar-refractivity contribution in [3.05, 3.63) is 50.6 Å². The van der Waals surface area contributed by atoms with Crippen molar-refractivity contribution in [2.75, 3.05) is 23.0 Å². The van der Waals surface area contributed by atoms with Gasteiger partial charge in [0.25, 0.3) is 0 Å². The van der Waals surface area contributed by atoms with E-state index in [4.69, 9.17) is 0 Å². The molecular formula is C15H21S6Sb. The fourth-order valence-electron chi connectivity index (χ4n) is 1.82. The van der Waals surface area contributed by atoms with Crippen molar-refractivity contribution >= 4 is 89.3 Å². The maximum absolute atomic E-state index is 3.92. The van der Waals surface area contributed by atoms with Gasteiger partial charge in [-0.25, -0.2) is 0 Å². The van der Waals surface area contributed by atoms with Crippen molar-refractivity contribution in [1.29, 1.82) is 0 Å². The second-order valence-corrected chi connectivity index (χ2v) is 14.1. The van der Waals surface area contributed by atoms with Crippen LogP contribution in [0.15, 0.2) is 50.6 Å². The predicted octanol–water partition coefficient (Wildman–Crippen LogP) is 5.90. The molecule has 1 aliphatic heterocycles. The number of thioether (sulfide) groups is 5. The molecule has 2 unspecified atom stereocenters. The Morgan fingerprint density at radius 1 is 0.864 bits per heavy atom. The maximum atomic E-state index is 3.92. The van der Waals surface area contributed by atoms with Gasteiger partial charge in [0.2, 0.25) is 0 Å². The van der Waals surface area contributed by atoms with E-state index >= 15 is 0 Å². The van der Waals surface area contributed by atoms with Gasteiger partial charge in [-0.1, -0.05) is 0 Å². The van der Waals surface area contributed by atoms with E-state index in [0.29, 0.717) is 4.58 Å². The van der Waals surface area contributed by atoms with Gasteiger partial charge in [0.15, 0.2) is 0 Å². The quantitative estimate of drug-likeness (QED) is 0.169. The second kappa shape index (κ2) is 11.5. The monoisotopic (exact) mass is 514 g/mol. The molecule has 1 fully saturated rings. The zero-order chi connectivity index (χ0) is 16.5. The van der Waals surface area contributed by atoms with Crippen molar-refractivity contribution in [1.82, 2.24) is 0 Å². The Balaban J connectivity index is 3.05. The first kappa shape index (κ1) is 21.9. The van der Waals surface area contributed by atoms with Crippen LogP contribution in [-0.4, -0.2) is 56.7 Å². The van der Waals surface area contributed by atoms with E-state index in [1.165, 1.54) is 0 Å². The molecule has 1 saturated heterocycles. The van der Waals surface area contributed by atoms with Crippen LogP contribution in [0.5, 0.6) is 0 Å². The van der Waals surface area contributed by atoms with Gasteiger partial charge in [0, 0.05) is 0 Å². The molecule has 0 N–H and O–H groups in total. The summed E-state index contributed by atoms with van der Waals surface area (Å²) in [7, 11) is 2.02. The third-order valence-electron chi connectivity index (χ3n) is 2.71. The average molecular weight is 515 g/mol. The van der Waals surface area contributed by atoms with Gasteiger partial charge in [-0.3, -0.25) is 0 Å². The van der Waals surface area contributed by atoms with Gasteiger partial charge in [0.1, 0.15) is 0 Å². The van der Waals surface area contributed by atoms with Crippen molar-refractivity contribution in [2.24, 2.45) is 0 Å². The normalized spacial score (nSPS) is 26.0. The average Bonchev–Trinajstić information content (AvgIpc) is 2.54. The van der Waals surface area contributed by atoms with E-state index in [-0.39, 0.29) is 7.49 Å². The van der Waals surface area contributed by atoms with E-state index in [1.807, 2.05) is 102 Å². The third-order valence-corrected chi connectivity index (χ3v) is 18.5. The number of hydrogen-bond donors (Lipinski definition) is 0. The summed E-state index contributed by atoms with van der Waals surface area (Å²) >= 11 is 12.1. The predicted molar refractivity (Wildman–Crippen MR) is 121 cm³/mol. The molecule has 7 heteroatoms. The van der Waals surface area contributed by atoms with E-state index in [2.05, 4.69) is 38.1 Å². The minimum atomic E-state index is 0.166. The van der Waals surface area contributed by atoms with Gasteiger partial charge >= 0.3 is 175 Å². The Labute approximate surface area is 173 Å². The summed E-state index contributed by atoms with van der Waals surface area (Å²) in [5.41, 5.74) is 0. The van der Waals surface area contributed by atoms with Crippen LogP contribution in [0.2, 0.25) is 0 Å². The van der Waals surface area contributed by atoms with Crippen LogP contribution >= 0.6 is 67.7 Å². The van der Waals surface area contributed by atoms with Crippen molar-refractivity contribution in [2.45, 2.75) is 12.1 Å². The van der Waals surface area contributed by atoms with Gasteiger partial charge in [0.05, 0.1) is 0 Å². The molecule has 0 aromatic rings. The fourth-order valence-corrected chi connectivity index (χ4v) is 17.8. The first-order valence-electron chi connectivity index (χ1n) is 6.63. The summed E-state index contributed by atoms with van der Waals surface area (Å²) in [4.78, 5) is 0. The Bertz CT molecular complexity index is 387. The molecule has 0 amide bonds. The molecular weight excluding hydrogens is 494 g/mol. The summed E-state index contributed by atoms with van der Waals surface area (Å²) in [5, 5.41) is 0. The molecule has 0 aliphatic carbocycles. The molecule has 2 atom stereocenters. The molecule has 0 bridgehead atoms. The Morgan fingerprint density at radius 2 is 1.36 bits per heavy atom. The zero-order valence-electron chi connectivity index (χ0n) is 12.4. The van der Waals surface area contributed by atoms with Gasteiger partial charge in [-0.05, 0) is 0 Å². The van der Waals surface area contributed by atoms with E-state index in [1.54, 1.807) is 0 Å². The molecule has 0 aromatic carbocycles. The molecule has 0 spiro atoms. The van der Waals surface area contributed by atoms with Crippen LogP contribution in [0.25, 0.3) is 0 Å². The van der Waals surface area contributed by atoms with Crippen LogP contribution in [0.4, 0.5) is 0 Å². The Morgan fingerprint density at radius 3 is 1.82 bits per heavy atom. The molecule has 1 heterocycles. The van der Waals surface area contributed by atoms with Crippen LogP contribution < -0.4 is 0 Å². The first-order chi connectivity index (χ1) is 10.7. The number of hydrogen-bond acceptors (Lipinski definition) is 6. The van der Waals surface area contributed by atoms with Gasteiger partial charge < -0.3 is 0 Å². The third kappa shape index (κ3) is 4.95. The van der Waals surface area contributed by atoms with E-state index in [9.17, 15) is 0 Å². The van der Waals surface area contributed by atoms with Crippen LogP contribution in [-0.2, 0) is 0 Å². The molecule has 2 radical (unpaired) electrons. The van der Waals surface area contributed by atoms with Gasteiger partial charge in [-0.15, -0.1) is 0 Å². The Kier molecular flexibility index (Phi) is 11.4. The second-order valence-electron chi connectivity index (χ2n) is 4.19. The van der Waals surface area contributed by atoms with E-state index < -0.39 is 0 Å². The van der Waals surface area contributed by atoms with Crippen molar-refractivity contribution in [3.8, 4) is 0 Å². The standard InChI is InChI=1S/C15H22S6.Sb/c1-5-9-17-13-14(18-10-6-2,19-11-7-3)15(16,21-13)20-12-8-4;/h5-8,13,16H,1-4,9-12H2;/q;+1/p-1. The van der Waals surface area contributed by atoms with E-state index in [0.717, 1.165) is 23.0 Å². The van der Waals surface area contributed by atoms with Gasteiger partial charge in [-0.2, -0.15) is 0 Å². The molecule has 0 saturated carbocycles. The number of rotatable bonds is 13. The Hall–Kier alpha value is 1.88. The minimum absolute atomic E-state index is 0.166. The van der Waals surface area contributed by atoms with Crippen LogP contribution in [0.3, 0.4) is 0 Å². The molecule has 1 rings (SSSR count). The first-order valence-corrected chi connectivity index (χ1v) is 15.4. The molecule has 1 aliphatic rings. The molecule has 22 heavy (non-hydrogen) atoms. The topological polar surface area (TPSA) is 0 Å². The summed E-state index contributed by atoms with van der Waals surface area (Å²) in [6, 6.07) is 0. The molecule has 122 valence electrons. The van der Waals surface area contributed by atoms with Crippen molar-refractivity contribution in [3.63, 3.8) is 0 Å². The van der Waals surface area contributed by atoms with Crippen molar-refractivity contribution < 1.29 is 0 Å². The molecule has 0 aromatic heterocycles. The zero-order valence-corrected chi connectivity index (χ0v) is 19.9. The van der Waals surface area contributed by atoms with Crippen LogP contribution in [0, 0.1) is 0 Å². The SMILES string of the molecule is C=CCSC1SC([S][Sb])(SCC=C)C1(SCC=C)SCC=C. The van der Waals surface area contributed by atoms with Crippen LogP contribution in [0.1, 0.15) is 0 Å². The fraction of sp³-hybridized carbons (Fsp3) is 0.467. The molecule has 0 nitrogen and oxygen atoms in total. The summed E-state index contributed by atoms with van der Waals surface area (Å²) < 4.78 is 0.911. The summed E-state index contributed by atoms with van der Waals surface area (Å²) in [6.07, 6.45) is 8.06. The summed E-state index contributed by atoms with van der Waals surface area (Å²) in [6.45, 7) is 15.6.